The number of nitrogens with zero attached hydrogens (tertiary/aromatic N) is 4. The van der Waals surface area contributed by atoms with Gasteiger partial charge in [-0.1, -0.05) is 190 Å². The molecule has 4 heteroatoms. The van der Waals surface area contributed by atoms with Gasteiger partial charge in [0, 0.05) is 38.7 Å². The zero-order valence-electron chi connectivity index (χ0n) is 36.1. The van der Waals surface area contributed by atoms with Crippen LogP contribution in [0.1, 0.15) is 37.0 Å². The van der Waals surface area contributed by atoms with Crippen LogP contribution in [0, 0.1) is 5.92 Å². The Morgan fingerprint density at radius 2 is 1.03 bits per heavy atom. The van der Waals surface area contributed by atoms with E-state index in [-0.39, 0.29) is 5.92 Å². The van der Waals surface area contributed by atoms with Crippen LogP contribution >= 0.6 is 0 Å². The summed E-state index contributed by atoms with van der Waals surface area (Å²) in [5.74, 6) is 0.919. The molecule has 2 heterocycles. The zero-order valence-corrected chi connectivity index (χ0v) is 36.1. The van der Waals surface area contributed by atoms with E-state index in [4.69, 9.17) is 15.0 Å². The van der Waals surface area contributed by atoms with Crippen LogP contribution < -0.4 is 0 Å². The van der Waals surface area contributed by atoms with Gasteiger partial charge in [-0.25, -0.2) is 9.97 Å². The van der Waals surface area contributed by atoms with Crippen molar-refractivity contribution in [1.82, 2.24) is 14.5 Å². The van der Waals surface area contributed by atoms with E-state index in [0.29, 0.717) is 5.82 Å². The molecule has 0 saturated carbocycles. The summed E-state index contributed by atoms with van der Waals surface area (Å²) in [6.07, 6.45) is 3.99. The predicted molar refractivity (Wildman–Crippen MR) is 269 cm³/mol. The Morgan fingerprint density at radius 1 is 0.500 bits per heavy atom. The molecule has 0 aliphatic rings. The first-order valence-corrected chi connectivity index (χ1v) is 22.2. The van der Waals surface area contributed by atoms with Crippen LogP contribution in [-0.4, -0.2) is 20.2 Å². The van der Waals surface area contributed by atoms with E-state index in [2.05, 4.69) is 219 Å². The summed E-state index contributed by atoms with van der Waals surface area (Å²) >= 11 is 0. The van der Waals surface area contributed by atoms with Gasteiger partial charge in [0.2, 0.25) is 0 Å². The lowest BCUT2D eigenvalue weighted by molar-refractivity contribution is 0.740. The highest BCUT2D eigenvalue weighted by molar-refractivity contribution is 6.09. The van der Waals surface area contributed by atoms with Crippen molar-refractivity contribution in [3.8, 4) is 50.7 Å². The second-order valence-electron chi connectivity index (χ2n) is 16.4. The van der Waals surface area contributed by atoms with Crippen molar-refractivity contribution >= 4 is 33.2 Å². The number of aromatic nitrogens is 3. The number of allylic oxidation sites excluding steroid dienone is 1. The molecule has 64 heavy (non-hydrogen) atoms. The third-order valence-corrected chi connectivity index (χ3v) is 12.2. The van der Waals surface area contributed by atoms with E-state index in [0.717, 1.165) is 80.3 Å². The lowest BCUT2D eigenvalue weighted by Crippen LogP contribution is -2.12. The highest BCUT2D eigenvalue weighted by Gasteiger charge is 2.18. The van der Waals surface area contributed by atoms with Gasteiger partial charge in [0.15, 0.2) is 5.82 Å². The number of para-hydroxylation sites is 2. The van der Waals surface area contributed by atoms with Crippen LogP contribution in [0.4, 0.5) is 0 Å². The first-order valence-electron chi connectivity index (χ1n) is 22.2. The topological polar surface area (TPSA) is 43.1 Å². The Hall–Kier alpha value is -7.95. The van der Waals surface area contributed by atoms with Crippen LogP contribution in [0.3, 0.4) is 0 Å². The highest BCUT2D eigenvalue weighted by atomic mass is 15.0. The summed E-state index contributed by atoms with van der Waals surface area (Å²) in [6.45, 7) is 4.51. The lowest BCUT2D eigenvalue weighted by Gasteiger charge is -2.17. The average molecular weight is 825 g/mol. The van der Waals surface area contributed by atoms with Gasteiger partial charge < -0.3 is 4.57 Å². The predicted octanol–water partition coefficient (Wildman–Crippen LogP) is 15.4. The van der Waals surface area contributed by atoms with E-state index in [1.165, 1.54) is 27.4 Å². The molecule has 0 aliphatic heterocycles. The molecular formula is C60H48N4. The third kappa shape index (κ3) is 8.34. The maximum Gasteiger partial charge on any atom is 0.160 e. The van der Waals surface area contributed by atoms with E-state index in [1.54, 1.807) is 0 Å². The lowest BCUT2D eigenvalue weighted by atomic mass is 9.94. The third-order valence-electron chi connectivity index (χ3n) is 12.2. The van der Waals surface area contributed by atoms with E-state index in [1.807, 2.05) is 24.3 Å². The van der Waals surface area contributed by atoms with Gasteiger partial charge in [0.25, 0.3) is 0 Å². The molecule has 0 radical (unpaired) electrons. The van der Waals surface area contributed by atoms with Crippen LogP contribution in [-0.2, 0) is 6.42 Å². The van der Waals surface area contributed by atoms with Crippen molar-refractivity contribution in [1.29, 1.82) is 0 Å². The largest absolute Gasteiger partial charge is 0.309 e. The Labute approximate surface area is 375 Å². The van der Waals surface area contributed by atoms with Gasteiger partial charge in [-0.15, -0.1) is 0 Å². The molecule has 10 rings (SSSR count). The van der Waals surface area contributed by atoms with Crippen molar-refractivity contribution < 1.29 is 0 Å². The van der Waals surface area contributed by atoms with Gasteiger partial charge in [0.1, 0.15) is 0 Å². The molecule has 308 valence electrons. The van der Waals surface area contributed by atoms with Crippen molar-refractivity contribution in [3.05, 3.63) is 241 Å². The van der Waals surface area contributed by atoms with Crippen LogP contribution in [0.25, 0.3) is 78.2 Å². The monoisotopic (exact) mass is 824 g/mol. The van der Waals surface area contributed by atoms with Crippen molar-refractivity contribution in [3.63, 3.8) is 0 Å². The number of aliphatic imine (C=N–C) groups is 1. The molecule has 0 saturated heterocycles. The number of hydrogen-bond donors (Lipinski definition) is 0. The first kappa shape index (κ1) is 40.1. The van der Waals surface area contributed by atoms with Crippen LogP contribution in [0.2, 0.25) is 0 Å². The molecule has 0 N–H and O–H groups in total. The normalized spacial score (nSPS) is 12.5. The average Bonchev–Trinajstić information content (AvgIpc) is 3.71. The fraction of sp³-hybridized carbons (Fsp3) is 0.0833. The fourth-order valence-electron chi connectivity index (χ4n) is 8.61. The summed E-state index contributed by atoms with van der Waals surface area (Å²) in [5, 5.41) is 2.49. The molecule has 10 aromatic rings. The van der Waals surface area contributed by atoms with E-state index in [9.17, 15) is 0 Å². The molecule has 0 spiro atoms. The van der Waals surface area contributed by atoms with Gasteiger partial charge in [-0.2, -0.15) is 0 Å². The van der Waals surface area contributed by atoms with Crippen molar-refractivity contribution in [2.75, 3.05) is 0 Å². The summed E-state index contributed by atoms with van der Waals surface area (Å²) in [5.41, 5.74) is 15.8. The quantitative estimate of drug-likeness (QED) is 0.115. The molecule has 0 amide bonds. The molecule has 0 bridgehead atoms. The summed E-state index contributed by atoms with van der Waals surface area (Å²) in [6, 6.07) is 77.2. The first-order chi connectivity index (χ1) is 31.6. The Bertz CT molecular complexity index is 3150. The van der Waals surface area contributed by atoms with Gasteiger partial charge in [-0.3, -0.25) is 4.99 Å². The maximum absolute atomic E-state index is 5.65. The second kappa shape index (κ2) is 18.2. The molecule has 0 aliphatic carbocycles. The molecule has 4 nitrogen and oxygen atoms in total. The van der Waals surface area contributed by atoms with Gasteiger partial charge in [0.05, 0.1) is 33.8 Å². The van der Waals surface area contributed by atoms with Gasteiger partial charge >= 0.3 is 0 Å². The Kier molecular flexibility index (Phi) is 11.4. The Morgan fingerprint density at radius 3 is 1.66 bits per heavy atom. The molecule has 0 fully saturated rings. The molecule has 1 atom stereocenters. The molecular weight excluding hydrogens is 777 g/mol. The smallest absolute Gasteiger partial charge is 0.160 e. The number of hydrogen-bond acceptors (Lipinski definition) is 3. The van der Waals surface area contributed by atoms with Crippen LogP contribution in [0.15, 0.2) is 229 Å². The molecule has 2 aromatic heterocycles. The minimum atomic E-state index is 0.238. The number of fused-ring (bicyclic) bond motifs is 3. The minimum absolute atomic E-state index is 0.238. The van der Waals surface area contributed by atoms with Crippen LogP contribution in [0.5, 0.6) is 0 Å². The van der Waals surface area contributed by atoms with Crippen molar-refractivity contribution in [2.24, 2.45) is 10.9 Å². The second-order valence-corrected chi connectivity index (χ2v) is 16.4. The van der Waals surface area contributed by atoms with E-state index >= 15 is 0 Å². The summed E-state index contributed by atoms with van der Waals surface area (Å²) in [7, 11) is 0. The Balaban J connectivity index is 1.19. The van der Waals surface area contributed by atoms with Gasteiger partial charge in [-0.05, 0) is 89.5 Å². The molecule has 8 aromatic carbocycles. The fourth-order valence-corrected chi connectivity index (χ4v) is 8.61. The van der Waals surface area contributed by atoms with Crippen molar-refractivity contribution in [2.45, 2.75) is 26.7 Å². The number of benzene rings is 8. The SMILES string of the molecule is CCC(C)C(=NC(=CCc1ccccc1)c1cc(-c2ccc(-n3c4ccccc4c4ccccc43)cc2)cc(-c2cc(-c3ccccc3)nc(-c3ccccc3)n2)c1)c1ccccc1. The summed E-state index contributed by atoms with van der Waals surface area (Å²) < 4.78 is 2.37. The highest BCUT2D eigenvalue weighted by Crippen LogP contribution is 2.36. The zero-order chi connectivity index (χ0) is 43.2. The summed E-state index contributed by atoms with van der Waals surface area (Å²) in [4.78, 5) is 16.1. The standard InChI is InChI=1S/C60H48N4/c1-3-42(2)59(46-24-12-6-13-25-46)61-54(37-32-43-20-8-4-9-21-43)49-38-48(44-33-35-51(36-34-44)64-57-30-18-16-28-52(57)53-29-17-19-31-58(53)64)39-50(40-49)56-41-55(45-22-10-5-11-23-45)62-60(63-56)47-26-14-7-15-27-47/h4-31,33-42H,3,32H2,1-2H3. The maximum atomic E-state index is 5.65. The molecule has 1 unspecified atom stereocenters. The minimum Gasteiger partial charge on any atom is -0.309 e. The van der Waals surface area contributed by atoms with E-state index < -0.39 is 0 Å². The number of rotatable bonds is 12.